The molecule has 0 spiro atoms. The average Bonchev–Trinajstić information content (AvgIpc) is 2.50. The van der Waals surface area contributed by atoms with Crippen molar-refractivity contribution in [2.45, 2.75) is 44.4 Å². The number of benzene rings is 1. The van der Waals surface area contributed by atoms with Crippen LogP contribution < -0.4 is 10.1 Å². The van der Waals surface area contributed by atoms with E-state index in [9.17, 15) is 4.79 Å². The summed E-state index contributed by atoms with van der Waals surface area (Å²) in [4.78, 5) is 12.1. The molecule has 1 aromatic carbocycles. The van der Waals surface area contributed by atoms with Gasteiger partial charge in [0.2, 0.25) is 5.91 Å². The zero-order valence-corrected chi connectivity index (χ0v) is 14.8. The number of hydrogen-bond acceptors (Lipinski definition) is 3. The van der Waals surface area contributed by atoms with Crippen LogP contribution >= 0.6 is 23.4 Å². The smallest absolute Gasteiger partial charge is 0.230 e. The molecule has 1 aromatic rings. The molecule has 1 amide bonds. The van der Waals surface area contributed by atoms with Crippen molar-refractivity contribution in [1.29, 1.82) is 0 Å². The number of nitrogens with one attached hydrogen (secondary N) is 1. The number of amides is 1. The Labute approximate surface area is 142 Å². The Hall–Kier alpha value is -0.870. The number of carbonyl (C=O) groups excluding carboxylic acids is 1. The van der Waals surface area contributed by atoms with Crippen LogP contribution in [-0.4, -0.2) is 24.8 Å². The predicted octanol–water partition coefficient (Wildman–Crippen LogP) is 4.28. The van der Waals surface area contributed by atoms with E-state index in [1.54, 1.807) is 18.9 Å². The van der Waals surface area contributed by atoms with Crippen LogP contribution in [0.1, 0.15) is 38.2 Å². The highest BCUT2D eigenvalue weighted by molar-refractivity contribution is 7.99. The first-order valence-corrected chi connectivity index (χ1v) is 9.33. The van der Waals surface area contributed by atoms with Gasteiger partial charge in [0.05, 0.1) is 12.9 Å². The summed E-state index contributed by atoms with van der Waals surface area (Å²) in [5.41, 5.74) is 1.03. The number of methoxy groups -OCH3 is 1. The molecule has 0 aliphatic heterocycles. The van der Waals surface area contributed by atoms with Crippen LogP contribution in [0, 0.1) is 5.92 Å². The molecule has 122 valence electrons. The van der Waals surface area contributed by atoms with Gasteiger partial charge < -0.3 is 10.1 Å². The molecule has 3 nitrogen and oxygen atoms in total. The van der Waals surface area contributed by atoms with Crippen molar-refractivity contribution in [3.63, 3.8) is 0 Å². The number of thioether (sulfide) groups is 1. The van der Waals surface area contributed by atoms with Gasteiger partial charge in [-0.2, -0.15) is 0 Å². The molecule has 2 rings (SSSR count). The molecule has 0 unspecified atom stereocenters. The molecule has 0 heterocycles. The van der Waals surface area contributed by atoms with Crippen molar-refractivity contribution < 1.29 is 9.53 Å². The zero-order valence-electron chi connectivity index (χ0n) is 13.2. The summed E-state index contributed by atoms with van der Waals surface area (Å²) in [6.07, 6.45) is 4.84. The minimum absolute atomic E-state index is 0.129. The van der Waals surface area contributed by atoms with Gasteiger partial charge in [-0.05, 0) is 37.0 Å². The van der Waals surface area contributed by atoms with Crippen LogP contribution in [-0.2, 0) is 10.5 Å². The predicted molar refractivity (Wildman–Crippen MR) is 93.7 cm³/mol. The fourth-order valence-electron chi connectivity index (χ4n) is 2.89. The fourth-order valence-corrected chi connectivity index (χ4v) is 3.90. The zero-order chi connectivity index (χ0) is 15.9. The summed E-state index contributed by atoms with van der Waals surface area (Å²) in [6.45, 7) is 2.23. The quantitative estimate of drug-likeness (QED) is 0.839. The van der Waals surface area contributed by atoms with E-state index in [-0.39, 0.29) is 5.91 Å². The topological polar surface area (TPSA) is 38.3 Å². The van der Waals surface area contributed by atoms with Crippen molar-refractivity contribution in [1.82, 2.24) is 5.32 Å². The van der Waals surface area contributed by atoms with Crippen LogP contribution in [0.3, 0.4) is 0 Å². The third-order valence-electron chi connectivity index (χ3n) is 4.19. The number of rotatable bonds is 6. The Morgan fingerprint density at radius 2 is 2.18 bits per heavy atom. The minimum Gasteiger partial charge on any atom is -0.496 e. The minimum atomic E-state index is 0.129. The number of halogens is 1. The first-order chi connectivity index (χ1) is 10.6. The maximum atomic E-state index is 12.1. The molecule has 22 heavy (non-hydrogen) atoms. The summed E-state index contributed by atoms with van der Waals surface area (Å²) in [5, 5.41) is 3.87. The van der Waals surface area contributed by atoms with E-state index in [2.05, 4.69) is 12.2 Å². The molecule has 0 radical (unpaired) electrons. The Bertz CT molecular complexity index is 509. The summed E-state index contributed by atoms with van der Waals surface area (Å²) in [6, 6.07) is 5.92. The van der Waals surface area contributed by atoms with Crippen LogP contribution in [0.25, 0.3) is 0 Å². The lowest BCUT2D eigenvalue weighted by Gasteiger charge is -2.29. The third kappa shape index (κ3) is 5.10. The average molecular weight is 342 g/mol. The lowest BCUT2D eigenvalue weighted by atomic mass is 9.86. The molecule has 0 aromatic heterocycles. The van der Waals surface area contributed by atoms with Crippen LogP contribution in [0.2, 0.25) is 5.02 Å². The van der Waals surface area contributed by atoms with Gasteiger partial charge in [0.25, 0.3) is 0 Å². The molecule has 5 heteroatoms. The molecule has 1 aliphatic rings. The summed E-state index contributed by atoms with van der Waals surface area (Å²) < 4.78 is 5.32. The van der Waals surface area contributed by atoms with E-state index in [0.29, 0.717) is 22.7 Å². The van der Waals surface area contributed by atoms with E-state index in [1.165, 1.54) is 19.3 Å². The number of carbonyl (C=O) groups is 1. The van der Waals surface area contributed by atoms with Crippen LogP contribution in [0.15, 0.2) is 18.2 Å². The van der Waals surface area contributed by atoms with Crippen LogP contribution in [0.4, 0.5) is 0 Å². The molecular formula is C17H24ClNO2S. The van der Waals surface area contributed by atoms with Crippen LogP contribution in [0.5, 0.6) is 5.75 Å². The third-order valence-corrected chi connectivity index (χ3v) is 5.41. The van der Waals surface area contributed by atoms with E-state index < -0.39 is 0 Å². The highest BCUT2D eigenvalue weighted by atomic mass is 35.5. The number of ether oxygens (including phenoxy) is 1. The van der Waals surface area contributed by atoms with Crippen molar-refractivity contribution in [2.24, 2.45) is 5.92 Å². The van der Waals surface area contributed by atoms with Gasteiger partial charge in [0, 0.05) is 22.4 Å². The Kier molecular flexibility index (Phi) is 6.90. The lowest BCUT2D eigenvalue weighted by molar-refractivity contribution is -0.119. The SMILES string of the molecule is COc1ccc(Cl)cc1CSCC(=O)N[C@H]1CCCC[C@H]1C. The van der Waals surface area contributed by atoms with Gasteiger partial charge in [0.1, 0.15) is 5.75 Å². The second kappa shape index (κ2) is 8.68. The molecule has 1 aliphatic carbocycles. The van der Waals surface area contributed by atoms with Crippen molar-refractivity contribution >= 4 is 29.3 Å². The van der Waals surface area contributed by atoms with Gasteiger partial charge in [0.15, 0.2) is 0 Å². The van der Waals surface area contributed by atoms with Crippen molar-refractivity contribution in [3.8, 4) is 5.75 Å². The molecule has 1 fully saturated rings. The van der Waals surface area contributed by atoms with Crippen molar-refractivity contribution in [3.05, 3.63) is 28.8 Å². The fraction of sp³-hybridized carbons (Fsp3) is 0.588. The second-order valence-corrected chi connectivity index (χ2v) is 7.31. The highest BCUT2D eigenvalue weighted by Gasteiger charge is 2.22. The lowest BCUT2D eigenvalue weighted by Crippen LogP contribution is -2.41. The summed E-state index contributed by atoms with van der Waals surface area (Å²) in [5.74, 6) is 2.73. The van der Waals surface area contributed by atoms with E-state index in [4.69, 9.17) is 16.3 Å². The molecule has 1 N–H and O–H groups in total. The van der Waals surface area contributed by atoms with Crippen molar-refractivity contribution in [2.75, 3.05) is 12.9 Å². The molecular weight excluding hydrogens is 318 g/mol. The first-order valence-electron chi connectivity index (χ1n) is 7.79. The Morgan fingerprint density at radius 1 is 1.41 bits per heavy atom. The monoisotopic (exact) mass is 341 g/mol. The Morgan fingerprint density at radius 3 is 2.91 bits per heavy atom. The molecule has 0 saturated heterocycles. The van der Waals surface area contributed by atoms with E-state index in [0.717, 1.165) is 23.5 Å². The van der Waals surface area contributed by atoms with Gasteiger partial charge in [-0.1, -0.05) is 31.4 Å². The van der Waals surface area contributed by atoms with Gasteiger partial charge in [-0.3, -0.25) is 4.79 Å². The maximum absolute atomic E-state index is 12.1. The van der Waals surface area contributed by atoms with Gasteiger partial charge in [-0.25, -0.2) is 0 Å². The number of hydrogen-bond donors (Lipinski definition) is 1. The van der Waals surface area contributed by atoms with Gasteiger partial charge in [-0.15, -0.1) is 11.8 Å². The maximum Gasteiger partial charge on any atom is 0.230 e. The highest BCUT2D eigenvalue weighted by Crippen LogP contribution is 2.27. The first kappa shape index (κ1) is 17.5. The summed E-state index contributed by atoms with van der Waals surface area (Å²) >= 11 is 7.61. The van der Waals surface area contributed by atoms with E-state index in [1.807, 2.05) is 18.2 Å². The van der Waals surface area contributed by atoms with E-state index >= 15 is 0 Å². The second-order valence-electron chi connectivity index (χ2n) is 5.88. The van der Waals surface area contributed by atoms with Gasteiger partial charge >= 0.3 is 0 Å². The largest absolute Gasteiger partial charge is 0.496 e. The normalized spacial score (nSPS) is 21.4. The summed E-state index contributed by atoms with van der Waals surface area (Å²) in [7, 11) is 1.65. The molecule has 1 saturated carbocycles. The Balaban J connectivity index is 1.78. The molecule has 0 bridgehead atoms. The standard InChI is InChI=1S/C17H24ClNO2S/c1-12-5-3-4-6-15(12)19-17(20)11-22-10-13-9-14(18)7-8-16(13)21-2/h7-9,12,15H,3-6,10-11H2,1-2H3,(H,19,20)/t12-,15+/m1/s1. The molecule has 2 atom stereocenters.